The summed E-state index contributed by atoms with van der Waals surface area (Å²) < 4.78 is 5.48. The standard InChI is InChI=1S/C14H19N3O3S/c1-17(11-6-7-21-9-11)13(18)8-20-12-4-2-10(3-5-12)14(15)16-19/h2-5,11,19H,6-9H2,1H3,(H2,15,16). The lowest BCUT2D eigenvalue weighted by molar-refractivity contribution is -0.133. The molecule has 1 unspecified atom stereocenters. The van der Waals surface area contributed by atoms with Gasteiger partial charge in [-0.25, -0.2) is 0 Å². The Morgan fingerprint density at radius 1 is 1.52 bits per heavy atom. The fraction of sp³-hybridized carbons (Fsp3) is 0.429. The molecule has 7 heteroatoms. The highest BCUT2D eigenvalue weighted by molar-refractivity contribution is 7.99. The second-order valence-electron chi connectivity index (χ2n) is 4.82. The van der Waals surface area contributed by atoms with Gasteiger partial charge in [-0.15, -0.1) is 0 Å². The molecule has 0 aromatic heterocycles. The third-order valence-corrected chi connectivity index (χ3v) is 4.61. The van der Waals surface area contributed by atoms with E-state index in [1.54, 1.807) is 29.2 Å². The van der Waals surface area contributed by atoms with Crippen LogP contribution in [0.25, 0.3) is 0 Å². The van der Waals surface area contributed by atoms with E-state index in [1.807, 2.05) is 18.8 Å². The molecular weight excluding hydrogens is 290 g/mol. The maximum absolute atomic E-state index is 12.0. The van der Waals surface area contributed by atoms with Crippen molar-refractivity contribution in [2.24, 2.45) is 10.9 Å². The molecule has 0 aliphatic carbocycles. The smallest absolute Gasteiger partial charge is 0.260 e. The van der Waals surface area contributed by atoms with Crippen LogP contribution in [0, 0.1) is 0 Å². The van der Waals surface area contributed by atoms with Crippen molar-refractivity contribution in [2.45, 2.75) is 12.5 Å². The van der Waals surface area contributed by atoms with Crippen molar-refractivity contribution < 1.29 is 14.7 Å². The van der Waals surface area contributed by atoms with Gasteiger partial charge in [0.2, 0.25) is 0 Å². The molecule has 1 fully saturated rings. The molecule has 1 atom stereocenters. The number of thioether (sulfide) groups is 1. The lowest BCUT2D eigenvalue weighted by Gasteiger charge is -2.23. The molecular formula is C14H19N3O3S. The summed E-state index contributed by atoms with van der Waals surface area (Å²) in [5.41, 5.74) is 6.07. The molecule has 0 spiro atoms. The lowest BCUT2D eigenvalue weighted by atomic mass is 10.2. The molecule has 6 nitrogen and oxygen atoms in total. The summed E-state index contributed by atoms with van der Waals surface area (Å²) >= 11 is 1.87. The number of hydrogen-bond acceptors (Lipinski definition) is 5. The average Bonchev–Trinajstić information content (AvgIpc) is 3.06. The Hall–Kier alpha value is -1.89. The highest BCUT2D eigenvalue weighted by Crippen LogP contribution is 2.21. The topological polar surface area (TPSA) is 88.2 Å². The van der Waals surface area contributed by atoms with E-state index in [0.717, 1.165) is 17.9 Å². The van der Waals surface area contributed by atoms with Crippen LogP contribution in [0.5, 0.6) is 5.75 Å². The van der Waals surface area contributed by atoms with E-state index >= 15 is 0 Å². The summed E-state index contributed by atoms with van der Waals surface area (Å²) in [5.74, 6) is 2.70. The van der Waals surface area contributed by atoms with Gasteiger partial charge in [0.1, 0.15) is 5.75 Å². The number of amides is 1. The summed E-state index contributed by atoms with van der Waals surface area (Å²) in [6, 6.07) is 7.03. The Kier molecular flexibility index (Phi) is 5.32. The number of nitrogens with two attached hydrogens (primary N) is 1. The molecule has 1 aromatic rings. The minimum atomic E-state index is -0.0250. The van der Waals surface area contributed by atoms with Gasteiger partial charge in [-0.1, -0.05) is 5.16 Å². The van der Waals surface area contributed by atoms with Gasteiger partial charge in [0.05, 0.1) is 0 Å². The van der Waals surface area contributed by atoms with Crippen molar-refractivity contribution in [1.29, 1.82) is 0 Å². The number of hydrogen-bond donors (Lipinski definition) is 2. The van der Waals surface area contributed by atoms with E-state index < -0.39 is 0 Å². The van der Waals surface area contributed by atoms with Crippen molar-refractivity contribution in [1.82, 2.24) is 4.90 Å². The monoisotopic (exact) mass is 309 g/mol. The molecule has 21 heavy (non-hydrogen) atoms. The molecule has 1 aromatic carbocycles. The first kappa shape index (κ1) is 15.5. The molecule has 1 saturated heterocycles. The number of carbonyl (C=O) groups is 1. The van der Waals surface area contributed by atoms with Gasteiger partial charge in [0, 0.05) is 24.4 Å². The van der Waals surface area contributed by atoms with Gasteiger partial charge in [-0.05, 0) is 36.4 Å². The zero-order valence-corrected chi connectivity index (χ0v) is 12.7. The largest absolute Gasteiger partial charge is 0.484 e. The van der Waals surface area contributed by atoms with E-state index in [2.05, 4.69) is 5.16 Å². The van der Waals surface area contributed by atoms with E-state index in [1.165, 1.54) is 0 Å². The van der Waals surface area contributed by atoms with E-state index in [4.69, 9.17) is 15.7 Å². The summed E-state index contributed by atoms with van der Waals surface area (Å²) in [7, 11) is 1.82. The summed E-state index contributed by atoms with van der Waals surface area (Å²) in [6.45, 7) is 0.0145. The van der Waals surface area contributed by atoms with Crippen LogP contribution >= 0.6 is 11.8 Å². The Morgan fingerprint density at radius 3 is 2.81 bits per heavy atom. The number of nitrogens with zero attached hydrogens (tertiary/aromatic N) is 2. The zero-order valence-electron chi connectivity index (χ0n) is 11.9. The van der Waals surface area contributed by atoms with Crippen LogP contribution in [0.4, 0.5) is 0 Å². The lowest BCUT2D eigenvalue weighted by Crippen LogP contribution is -2.39. The highest BCUT2D eigenvalue weighted by Gasteiger charge is 2.23. The highest BCUT2D eigenvalue weighted by atomic mass is 32.2. The number of ether oxygens (including phenoxy) is 1. The molecule has 1 aliphatic heterocycles. The minimum absolute atomic E-state index is 0.0145. The van der Waals surface area contributed by atoms with Crippen molar-refractivity contribution >= 4 is 23.5 Å². The molecule has 2 rings (SSSR count). The summed E-state index contributed by atoms with van der Waals surface area (Å²) in [5, 5.41) is 11.5. The van der Waals surface area contributed by atoms with Gasteiger partial charge in [0.25, 0.3) is 5.91 Å². The number of amidine groups is 1. The first-order valence-corrected chi connectivity index (χ1v) is 7.81. The first-order chi connectivity index (χ1) is 10.1. The third kappa shape index (κ3) is 4.04. The number of rotatable bonds is 5. The zero-order chi connectivity index (χ0) is 15.2. The predicted molar refractivity (Wildman–Crippen MR) is 82.9 cm³/mol. The second kappa shape index (κ2) is 7.21. The van der Waals surface area contributed by atoms with Crippen molar-refractivity contribution in [3.8, 4) is 5.75 Å². The molecule has 1 heterocycles. The maximum Gasteiger partial charge on any atom is 0.260 e. The SMILES string of the molecule is CN(C(=O)COc1ccc(/C(N)=N/O)cc1)C1CCSC1. The number of oxime groups is 1. The second-order valence-corrected chi connectivity index (χ2v) is 5.97. The predicted octanol–water partition coefficient (Wildman–Crippen LogP) is 1.12. The minimum Gasteiger partial charge on any atom is -0.484 e. The molecule has 0 bridgehead atoms. The first-order valence-electron chi connectivity index (χ1n) is 6.66. The summed E-state index contributed by atoms with van der Waals surface area (Å²) in [4.78, 5) is 13.8. The van der Waals surface area contributed by atoms with Gasteiger partial charge in [-0.3, -0.25) is 4.79 Å². The number of likely N-dealkylation sites (N-methyl/N-ethyl adjacent to an activating group) is 1. The molecule has 0 saturated carbocycles. The molecule has 0 radical (unpaired) electrons. The van der Waals surface area contributed by atoms with Crippen LogP contribution in [0.3, 0.4) is 0 Å². The van der Waals surface area contributed by atoms with Crippen LogP contribution in [0.15, 0.2) is 29.4 Å². The van der Waals surface area contributed by atoms with Gasteiger partial charge < -0.3 is 20.6 Å². The van der Waals surface area contributed by atoms with E-state index in [0.29, 0.717) is 17.4 Å². The molecule has 1 amide bonds. The molecule has 3 N–H and O–H groups in total. The van der Waals surface area contributed by atoms with Crippen molar-refractivity contribution in [3.05, 3.63) is 29.8 Å². The fourth-order valence-corrected chi connectivity index (χ4v) is 3.33. The quantitative estimate of drug-likeness (QED) is 0.368. The Balaban J connectivity index is 1.86. The van der Waals surface area contributed by atoms with Gasteiger partial charge in [-0.2, -0.15) is 11.8 Å². The Morgan fingerprint density at radius 2 is 2.24 bits per heavy atom. The van der Waals surface area contributed by atoms with Crippen molar-refractivity contribution in [2.75, 3.05) is 25.2 Å². The fourth-order valence-electron chi connectivity index (χ4n) is 2.06. The van der Waals surface area contributed by atoms with Gasteiger partial charge in [0.15, 0.2) is 12.4 Å². The van der Waals surface area contributed by atoms with Crippen molar-refractivity contribution in [3.63, 3.8) is 0 Å². The van der Waals surface area contributed by atoms with Crippen LogP contribution < -0.4 is 10.5 Å². The maximum atomic E-state index is 12.0. The third-order valence-electron chi connectivity index (χ3n) is 3.47. The average molecular weight is 309 g/mol. The number of benzene rings is 1. The van der Waals surface area contributed by atoms with E-state index in [-0.39, 0.29) is 18.3 Å². The number of carbonyl (C=O) groups excluding carboxylic acids is 1. The van der Waals surface area contributed by atoms with Crippen LogP contribution in [-0.4, -0.2) is 53.1 Å². The van der Waals surface area contributed by atoms with Crippen LogP contribution in [0.2, 0.25) is 0 Å². The van der Waals surface area contributed by atoms with E-state index in [9.17, 15) is 4.79 Å². The summed E-state index contributed by atoms with van der Waals surface area (Å²) in [6.07, 6.45) is 1.04. The normalized spacial score (nSPS) is 18.5. The van der Waals surface area contributed by atoms with Crippen LogP contribution in [-0.2, 0) is 4.79 Å². The molecule has 114 valence electrons. The molecule has 1 aliphatic rings. The Bertz CT molecular complexity index is 513. The Labute approximate surface area is 127 Å². The van der Waals surface area contributed by atoms with Gasteiger partial charge >= 0.3 is 0 Å². The van der Waals surface area contributed by atoms with Crippen LogP contribution in [0.1, 0.15) is 12.0 Å².